The van der Waals surface area contributed by atoms with E-state index in [0.717, 1.165) is 30.2 Å². The minimum Gasteiger partial charge on any atom is -0.382 e. The first-order valence-corrected chi connectivity index (χ1v) is 6.92. The van der Waals surface area contributed by atoms with Crippen LogP contribution < -0.4 is 5.32 Å². The highest BCUT2D eigenvalue weighted by Gasteiger charge is 2.14. The van der Waals surface area contributed by atoms with Crippen molar-refractivity contribution >= 4 is 18.3 Å². The van der Waals surface area contributed by atoms with E-state index in [-0.39, 0.29) is 5.25 Å². The van der Waals surface area contributed by atoms with Crippen LogP contribution >= 0.6 is 12.6 Å². The molecule has 0 aliphatic heterocycles. The van der Waals surface area contributed by atoms with Gasteiger partial charge >= 0.3 is 0 Å². The smallest absolute Gasteiger partial charge is 0.123 e. The number of benzene rings is 1. The van der Waals surface area contributed by atoms with Crippen LogP contribution in [0, 0.1) is 0 Å². The summed E-state index contributed by atoms with van der Waals surface area (Å²) in [6.45, 7) is 4.21. The number of hydrogen-bond donors (Lipinski definition) is 3. The Balaban J connectivity index is 2.07. The molecule has 2 aromatic rings. The van der Waals surface area contributed by atoms with Gasteiger partial charge in [0, 0.05) is 31.2 Å². The average molecular weight is 277 g/mol. The molecule has 2 rings (SSSR count). The second-order valence-electron chi connectivity index (χ2n) is 4.09. The van der Waals surface area contributed by atoms with Gasteiger partial charge < -0.3 is 15.0 Å². The summed E-state index contributed by atoms with van der Waals surface area (Å²) in [4.78, 5) is 7.36. The van der Waals surface area contributed by atoms with E-state index in [1.54, 1.807) is 6.20 Å². The molecule has 1 heterocycles. The van der Waals surface area contributed by atoms with Gasteiger partial charge in [-0.1, -0.05) is 18.2 Å². The van der Waals surface area contributed by atoms with E-state index in [1.165, 1.54) is 0 Å². The third kappa shape index (κ3) is 3.75. The molecule has 0 fully saturated rings. The van der Waals surface area contributed by atoms with Crippen LogP contribution in [0.3, 0.4) is 0 Å². The molecule has 1 aromatic heterocycles. The number of para-hydroxylation sites is 1. The van der Waals surface area contributed by atoms with Crippen LogP contribution in [0.2, 0.25) is 0 Å². The second kappa shape index (κ2) is 7.21. The summed E-state index contributed by atoms with van der Waals surface area (Å²) >= 11 is 4.64. The molecule has 102 valence electrons. The maximum Gasteiger partial charge on any atom is 0.123 e. The molecule has 0 amide bonds. The summed E-state index contributed by atoms with van der Waals surface area (Å²) in [6.07, 6.45) is 3.55. The zero-order valence-electron chi connectivity index (χ0n) is 11.0. The Bertz CT molecular complexity index is 487. The molecule has 5 heteroatoms. The molecule has 19 heavy (non-hydrogen) atoms. The molecular formula is C14H19N3OS. The van der Waals surface area contributed by atoms with E-state index < -0.39 is 0 Å². The molecule has 2 N–H and O–H groups in total. The Kier molecular flexibility index (Phi) is 5.30. The van der Waals surface area contributed by atoms with Crippen molar-refractivity contribution in [1.29, 1.82) is 0 Å². The Morgan fingerprint density at radius 2 is 2.26 bits per heavy atom. The van der Waals surface area contributed by atoms with Gasteiger partial charge in [0.15, 0.2) is 0 Å². The van der Waals surface area contributed by atoms with Crippen molar-refractivity contribution in [1.82, 2.24) is 9.97 Å². The zero-order chi connectivity index (χ0) is 13.5. The van der Waals surface area contributed by atoms with E-state index >= 15 is 0 Å². The SMILES string of the molecule is CCOCCNc1ccccc1C(S)c1ncc[nH]1. The van der Waals surface area contributed by atoms with E-state index in [1.807, 2.05) is 31.3 Å². The molecule has 1 aromatic carbocycles. The fraction of sp³-hybridized carbons (Fsp3) is 0.357. The first kappa shape index (κ1) is 14.0. The molecule has 0 bridgehead atoms. The number of H-pyrrole nitrogens is 1. The molecule has 4 nitrogen and oxygen atoms in total. The van der Waals surface area contributed by atoms with Crippen LogP contribution in [0.5, 0.6) is 0 Å². The fourth-order valence-corrected chi connectivity index (χ4v) is 2.24. The lowest BCUT2D eigenvalue weighted by atomic mass is 10.1. The molecule has 0 radical (unpaired) electrons. The molecule has 1 atom stereocenters. The minimum absolute atomic E-state index is 0.0641. The molecular weight excluding hydrogens is 258 g/mol. The number of aromatic nitrogens is 2. The molecule has 0 saturated carbocycles. The number of anilines is 1. The van der Waals surface area contributed by atoms with Crippen molar-refractivity contribution in [3.05, 3.63) is 48.0 Å². The van der Waals surface area contributed by atoms with Crippen molar-refractivity contribution in [3.63, 3.8) is 0 Å². The lowest BCUT2D eigenvalue weighted by Gasteiger charge is -2.15. The largest absolute Gasteiger partial charge is 0.382 e. The van der Waals surface area contributed by atoms with Crippen molar-refractivity contribution in [2.45, 2.75) is 12.2 Å². The van der Waals surface area contributed by atoms with Gasteiger partial charge in [-0.05, 0) is 18.6 Å². The number of imidazole rings is 1. The van der Waals surface area contributed by atoms with E-state index in [2.05, 4.69) is 34.0 Å². The number of hydrogen-bond acceptors (Lipinski definition) is 4. The van der Waals surface area contributed by atoms with Crippen LogP contribution in [-0.4, -0.2) is 29.7 Å². The van der Waals surface area contributed by atoms with E-state index in [9.17, 15) is 0 Å². The van der Waals surface area contributed by atoms with Crippen LogP contribution in [0.4, 0.5) is 5.69 Å². The maximum absolute atomic E-state index is 5.33. The van der Waals surface area contributed by atoms with Gasteiger partial charge in [-0.25, -0.2) is 4.98 Å². The molecule has 0 aliphatic carbocycles. The zero-order valence-corrected chi connectivity index (χ0v) is 11.9. The topological polar surface area (TPSA) is 49.9 Å². The van der Waals surface area contributed by atoms with Gasteiger partial charge in [0.1, 0.15) is 5.82 Å². The lowest BCUT2D eigenvalue weighted by molar-refractivity contribution is 0.158. The van der Waals surface area contributed by atoms with Crippen molar-refractivity contribution < 1.29 is 4.74 Å². The minimum atomic E-state index is -0.0641. The van der Waals surface area contributed by atoms with Crippen LogP contribution in [0.25, 0.3) is 0 Å². The van der Waals surface area contributed by atoms with E-state index in [0.29, 0.717) is 6.61 Å². The first-order valence-electron chi connectivity index (χ1n) is 6.40. The maximum atomic E-state index is 5.33. The standard InChI is InChI=1S/C14H19N3OS/c1-2-18-10-9-15-12-6-4-3-5-11(12)13(19)14-16-7-8-17-14/h3-8,13,15,19H,2,9-10H2,1H3,(H,16,17). The Hall–Kier alpha value is -1.46. The van der Waals surface area contributed by atoms with E-state index in [4.69, 9.17) is 4.74 Å². The molecule has 0 saturated heterocycles. The Morgan fingerprint density at radius 1 is 1.42 bits per heavy atom. The number of aromatic amines is 1. The first-order chi connectivity index (χ1) is 9.33. The monoisotopic (exact) mass is 277 g/mol. The molecule has 0 aliphatic rings. The third-order valence-corrected chi connectivity index (χ3v) is 3.32. The van der Waals surface area contributed by atoms with Gasteiger partial charge in [-0.15, -0.1) is 0 Å². The number of rotatable bonds is 7. The summed E-state index contributed by atoms with van der Waals surface area (Å²) in [5.41, 5.74) is 2.18. The highest BCUT2D eigenvalue weighted by molar-refractivity contribution is 7.80. The van der Waals surface area contributed by atoms with Crippen molar-refractivity contribution in [2.24, 2.45) is 0 Å². The summed E-state index contributed by atoms with van der Waals surface area (Å²) in [5, 5.41) is 3.31. The normalized spacial score (nSPS) is 12.3. The van der Waals surface area contributed by atoms with Crippen molar-refractivity contribution in [3.8, 4) is 0 Å². The average Bonchev–Trinajstić information content (AvgIpc) is 2.97. The summed E-state index contributed by atoms with van der Waals surface area (Å²) < 4.78 is 5.33. The molecule has 0 spiro atoms. The summed E-state index contributed by atoms with van der Waals surface area (Å²) in [6, 6.07) is 8.13. The van der Waals surface area contributed by atoms with Gasteiger partial charge in [-0.3, -0.25) is 0 Å². The number of nitrogens with zero attached hydrogens (tertiary/aromatic N) is 1. The number of thiol groups is 1. The van der Waals surface area contributed by atoms with Gasteiger partial charge in [0.25, 0.3) is 0 Å². The number of nitrogens with one attached hydrogen (secondary N) is 2. The van der Waals surface area contributed by atoms with Gasteiger partial charge in [-0.2, -0.15) is 12.6 Å². The van der Waals surface area contributed by atoms with Crippen LogP contribution in [0.1, 0.15) is 23.6 Å². The molecule has 1 unspecified atom stereocenters. The predicted molar refractivity (Wildman–Crippen MR) is 80.8 cm³/mol. The Morgan fingerprint density at radius 3 is 3.00 bits per heavy atom. The highest BCUT2D eigenvalue weighted by atomic mass is 32.1. The van der Waals surface area contributed by atoms with Gasteiger partial charge in [0.2, 0.25) is 0 Å². The van der Waals surface area contributed by atoms with Crippen LogP contribution in [-0.2, 0) is 4.74 Å². The predicted octanol–water partition coefficient (Wildman–Crippen LogP) is 2.88. The number of ether oxygens (including phenoxy) is 1. The Labute approximate surface area is 119 Å². The fourth-order valence-electron chi connectivity index (χ4n) is 1.87. The van der Waals surface area contributed by atoms with Crippen molar-refractivity contribution in [2.75, 3.05) is 25.1 Å². The van der Waals surface area contributed by atoms with Crippen LogP contribution in [0.15, 0.2) is 36.7 Å². The highest BCUT2D eigenvalue weighted by Crippen LogP contribution is 2.31. The second-order valence-corrected chi connectivity index (χ2v) is 4.60. The summed E-state index contributed by atoms with van der Waals surface area (Å²) in [7, 11) is 0. The quantitative estimate of drug-likeness (QED) is 0.539. The van der Waals surface area contributed by atoms with Gasteiger partial charge in [0.05, 0.1) is 11.9 Å². The third-order valence-electron chi connectivity index (χ3n) is 2.80. The lowest BCUT2D eigenvalue weighted by Crippen LogP contribution is -2.11. The summed E-state index contributed by atoms with van der Waals surface area (Å²) in [5.74, 6) is 0.849.